The number of fused-ring (bicyclic) bond motifs is 3. The molecule has 2 saturated carbocycles. The van der Waals surface area contributed by atoms with Gasteiger partial charge in [-0.1, -0.05) is 30.2 Å². The summed E-state index contributed by atoms with van der Waals surface area (Å²) in [7, 11) is -3.33. The Morgan fingerprint density at radius 2 is 1.81 bits per heavy atom. The molecule has 3 aliphatic rings. The van der Waals surface area contributed by atoms with Gasteiger partial charge in [-0.25, -0.2) is 26.7 Å². The minimum Gasteiger partial charge on any atom is -0.353 e. The zero-order valence-electron chi connectivity index (χ0n) is 23.4. The summed E-state index contributed by atoms with van der Waals surface area (Å²) in [6.45, 7) is 1.74. The van der Waals surface area contributed by atoms with Crippen LogP contribution >= 0.6 is 11.6 Å². The van der Waals surface area contributed by atoms with Crippen LogP contribution in [0, 0.1) is 5.41 Å². The first-order valence-electron chi connectivity index (χ1n) is 13.8. The molecule has 6 rings (SSSR count). The molecule has 1 amide bonds. The lowest BCUT2D eigenvalue weighted by Crippen LogP contribution is -2.45. The molecule has 2 unspecified atom stereocenters. The Bertz CT molecular complexity index is 1730. The highest BCUT2D eigenvalue weighted by Crippen LogP contribution is 2.71. The standard InChI is InChI=1S/C28H29ClF5N5O3S/c1-25(28(32,33)34)14-38(19-13-35-21-12-20(29)37-39(21)23(19)25)17-9-7-15(8-10-17)22-26(2,27(22,30)31)24(40)36-16-5-4-6-18(11-16)43(3,41)42/h7-10,12-13,16,18,22H,4-6,11,14H2,1-3H3,(H,36,40)/t16?,18?,22-,25-,26+/m1/s1. The van der Waals surface area contributed by atoms with E-state index in [0.717, 1.165) is 17.7 Å². The Hall–Kier alpha value is -3.00. The Morgan fingerprint density at radius 3 is 2.44 bits per heavy atom. The lowest BCUT2D eigenvalue weighted by molar-refractivity contribution is -0.181. The van der Waals surface area contributed by atoms with E-state index in [9.17, 15) is 26.4 Å². The summed E-state index contributed by atoms with van der Waals surface area (Å²) in [6.07, 6.45) is -0.523. The number of hydrogen-bond donors (Lipinski definition) is 1. The largest absolute Gasteiger partial charge is 0.401 e. The molecule has 1 N–H and O–H groups in total. The number of carbonyl (C=O) groups is 1. The van der Waals surface area contributed by atoms with Crippen LogP contribution in [0.25, 0.3) is 5.65 Å². The van der Waals surface area contributed by atoms with Crippen molar-refractivity contribution in [2.75, 3.05) is 17.7 Å². The van der Waals surface area contributed by atoms with E-state index in [2.05, 4.69) is 15.4 Å². The molecule has 8 nitrogen and oxygen atoms in total. The van der Waals surface area contributed by atoms with Crippen LogP contribution in [0.5, 0.6) is 0 Å². The van der Waals surface area contributed by atoms with E-state index in [1.54, 1.807) is 0 Å². The number of sulfone groups is 1. The number of hydrogen-bond acceptors (Lipinski definition) is 6. The molecule has 15 heteroatoms. The predicted octanol–water partition coefficient (Wildman–Crippen LogP) is 5.57. The molecule has 0 radical (unpaired) electrons. The van der Waals surface area contributed by atoms with E-state index in [-0.39, 0.29) is 34.2 Å². The number of alkyl halides is 5. The number of nitrogens with one attached hydrogen (secondary N) is 1. The number of halogens is 6. The Kier molecular flexibility index (Phi) is 6.64. The van der Waals surface area contributed by atoms with E-state index in [0.29, 0.717) is 24.9 Å². The molecule has 2 aliphatic carbocycles. The molecular weight excluding hydrogens is 617 g/mol. The molecule has 3 aromatic rings. The van der Waals surface area contributed by atoms with Crippen molar-refractivity contribution in [1.29, 1.82) is 0 Å². The number of rotatable bonds is 5. The van der Waals surface area contributed by atoms with Gasteiger partial charge in [0.05, 0.1) is 28.7 Å². The number of aromatic nitrogens is 3. The summed E-state index contributed by atoms with van der Waals surface area (Å²) in [4.78, 5) is 18.8. The SMILES string of the molecule is C[C@@]1(C(F)(F)F)CN(c2ccc([C@H]3C(F)(F)[C@]3(C)C(=O)NC3CCCC(S(C)(=O)=O)C3)cc2)c2cnc3cc(Cl)nn3c21. The van der Waals surface area contributed by atoms with Gasteiger partial charge in [0.2, 0.25) is 5.91 Å². The highest BCUT2D eigenvalue weighted by atomic mass is 35.5. The minimum atomic E-state index is -4.66. The summed E-state index contributed by atoms with van der Waals surface area (Å²) in [5.74, 6) is -5.69. The van der Waals surface area contributed by atoms with Crippen LogP contribution in [-0.4, -0.2) is 65.1 Å². The quantitative estimate of drug-likeness (QED) is 0.365. The molecule has 0 spiro atoms. The van der Waals surface area contributed by atoms with Crippen molar-refractivity contribution in [1.82, 2.24) is 19.9 Å². The summed E-state index contributed by atoms with van der Waals surface area (Å²) in [5, 5.41) is 6.04. The van der Waals surface area contributed by atoms with Gasteiger partial charge in [-0.2, -0.15) is 18.3 Å². The summed E-state index contributed by atoms with van der Waals surface area (Å²) in [5.41, 5.74) is -3.75. The fraction of sp³-hybridized carbons (Fsp3) is 0.536. The normalized spacial score (nSPS) is 30.3. The molecule has 1 aliphatic heterocycles. The Morgan fingerprint density at radius 1 is 1.14 bits per heavy atom. The second kappa shape index (κ2) is 9.50. The van der Waals surface area contributed by atoms with E-state index in [1.165, 1.54) is 48.4 Å². The average Bonchev–Trinajstić information content (AvgIpc) is 3.18. The molecule has 43 heavy (non-hydrogen) atoms. The Balaban J connectivity index is 1.26. The van der Waals surface area contributed by atoms with Crippen LogP contribution in [0.3, 0.4) is 0 Å². The number of anilines is 2. The summed E-state index contributed by atoms with van der Waals surface area (Å²) < 4.78 is 98.9. The maximum atomic E-state index is 15.3. The van der Waals surface area contributed by atoms with Crippen molar-refractivity contribution in [2.45, 2.75) is 74.3 Å². The van der Waals surface area contributed by atoms with Gasteiger partial charge in [0, 0.05) is 30.6 Å². The van der Waals surface area contributed by atoms with E-state index in [4.69, 9.17) is 11.6 Å². The molecule has 232 valence electrons. The number of nitrogens with zero attached hydrogens (tertiary/aromatic N) is 4. The first-order valence-corrected chi connectivity index (χ1v) is 16.1. The zero-order chi connectivity index (χ0) is 31.3. The van der Waals surface area contributed by atoms with Crippen LogP contribution in [0.4, 0.5) is 33.3 Å². The molecule has 1 aromatic carbocycles. The molecule has 2 fully saturated rings. The molecule has 5 atom stereocenters. The lowest BCUT2D eigenvalue weighted by Gasteiger charge is -2.29. The van der Waals surface area contributed by atoms with Crippen molar-refractivity contribution in [2.24, 2.45) is 5.41 Å². The smallest absolute Gasteiger partial charge is 0.353 e. The van der Waals surface area contributed by atoms with E-state index < -0.39 is 62.4 Å². The van der Waals surface area contributed by atoms with Gasteiger partial charge in [0.15, 0.2) is 10.8 Å². The molecule has 2 aromatic heterocycles. The first-order chi connectivity index (χ1) is 19.9. The van der Waals surface area contributed by atoms with Crippen LogP contribution in [0.2, 0.25) is 5.15 Å². The number of carbonyl (C=O) groups excluding carboxylic acids is 1. The fourth-order valence-corrected chi connectivity index (χ4v) is 8.09. The van der Waals surface area contributed by atoms with Crippen molar-refractivity contribution < 1.29 is 35.2 Å². The second-order valence-corrected chi connectivity index (χ2v) is 15.0. The maximum absolute atomic E-state index is 15.3. The average molecular weight is 646 g/mol. The zero-order valence-corrected chi connectivity index (χ0v) is 25.0. The van der Waals surface area contributed by atoms with Gasteiger partial charge in [-0.3, -0.25) is 4.79 Å². The van der Waals surface area contributed by atoms with Crippen molar-refractivity contribution in [3.8, 4) is 0 Å². The number of benzene rings is 1. The van der Waals surface area contributed by atoms with Gasteiger partial charge in [-0.05, 0) is 50.8 Å². The van der Waals surface area contributed by atoms with E-state index >= 15 is 8.78 Å². The Labute approximate surface area is 249 Å². The minimum absolute atomic E-state index is 0.00984. The third-order valence-corrected chi connectivity index (χ3v) is 11.3. The highest BCUT2D eigenvalue weighted by Gasteiger charge is 2.82. The fourth-order valence-electron chi connectivity index (χ4n) is 6.74. The third kappa shape index (κ3) is 4.49. The molecular formula is C28H29ClF5N5O3S. The van der Waals surface area contributed by atoms with Gasteiger partial charge in [0.1, 0.15) is 20.7 Å². The van der Waals surface area contributed by atoms with Crippen molar-refractivity contribution in [3.63, 3.8) is 0 Å². The van der Waals surface area contributed by atoms with Gasteiger partial charge in [0.25, 0.3) is 5.92 Å². The molecule has 0 bridgehead atoms. The van der Waals surface area contributed by atoms with Crippen LogP contribution in [0.1, 0.15) is 56.7 Å². The van der Waals surface area contributed by atoms with Gasteiger partial charge >= 0.3 is 6.18 Å². The van der Waals surface area contributed by atoms with Crippen LogP contribution in [-0.2, 0) is 20.0 Å². The summed E-state index contributed by atoms with van der Waals surface area (Å²) >= 11 is 5.97. The topological polar surface area (TPSA) is 96.7 Å². The van der Waals surface area contributed by atoms with Gasteiger partial charge < -0.3 is 10.2 Å². The molecule has 0 saturated heterocycles. The highest BCUT2D eigenvalue weighted by molar-refractivity contribution is 7.91. The number of amides is 1. The van der Waals surface area contributed by atoms with Gasteiger partial charge in [-0.15, -0.1) is 0 Å². The van der Waals surface area contributed by atoms with Crippen molar-refractivity contribution in [3.05, 3.63) is 52.9 Å². The maximum Gasteiger partial charge on any atom is 0.401 e. The van der Waals surface area contributed by atoms with Crippen LogP contribution < -0.4 is 10.2 Å². The third-order valence-electron chi connectivity index (χ3n) is 9.47. The van der Waals surface area contributed by atoms with Crippen molar-refractivity contribution >= 4 is 44.4 Å². The predicted molar refractivity (Wildman–Crippen MR) is 150 cm³/mol. The lowest BCUT2D eigenvalue weighted by atomic mass is 9.87. The first kappa shape index (κ1) is 30.0. The second-order valence-electron chi connectivity index (χ2n) is 12.3. The van der Waals surface area contributed by atoms with Crippen LogP contribution in [0.15, 0.2) is 36.5 Å². The monoisotopic (exact) mass is 645 g/mol. The molecule has 3 heterocycles. The summed E-state index contributed by atoms with van der Waals surface area (Å²) in [6, 6.07) is 6.52. The van der Waals surface area contributed by atoms with E-state index in [1.807, 2.05) is 0 Å².